The van der Waals surface area contributed by atoms with Crippen LogP contribution in [-0.4, -0.2) is 18.3 Å². The molecule has 0 heterocycles. The van der Waals surface area contributed by atoms with Crippen molar-refractivity contribution in [2.45, 2.75) is 151 Å². The van der Waals surface area contributed by atoms with Gasteiger partial charge in [-0.1, -0.05) is 113 Å². The van der Waals surface area contributed by atoms with Crippen LogP contribution in [0.15, 0.2) is 0 Å². The fraction of sp³-hybridized carbons (Fsp3) is 1.00. The van der Waals surface area contributed by atoms with E-state index in [2.05, 4.69) is 48.5 Å². The lowest BCUT2D eigenvalue weighted by atomic mass is 9.56. The molecule has 3 N–H and O–H groups in total. The molecule has 2 heteroatoms. The average Bonchev–Trinajstić information content (AvgIpc) is 2.73. The summed E-state index contributed by atoms with van der Waals surface area (Å²) in [5.41, 5.74) is 7.09. The summed E-state index contributed by atoms with van der Waals surface area (Å²) < 4.78 is 0. The summed E-state index contributed by atoms with van der Waals surface area (Å²) in [6.45, 7) is 17.8. The average molecular weight is 440 g/mol. The summed E-state index contributed by atoms with van der Waals surface area (Å²) in [5.74, 6) is 0.788. The molecule has 0 aliphatic heterocycles. The van der Waals surface area contributed by atoms with Crippen LogP contribution in [0, 0.1) is 22.2 Å². The summed E-state index contributed by atoms with van der Waals surface area (Å²) in [5, 5.41) is 9.91. The second-order valence-corrected chi connectivity index (χ2v) is 11.6. The summed E-state index contributed by atoms with van der Waals surface area (Å²) in [4.78, 5) is 0. The van der Waals surface area contributed by atoms with Crippen molar-refractivity contribution in [1.29, 1.82) is 0 Å². The van der Waals surface area contributed by atoms with Crippen molar-refractivity contribution in [3.63, 3.8) is 0 Å². The second kappa shape index (κ2) is 16.5. The highest BCUT2D eigenvalue weighted by atomic mass is 16.3. The smallest absolute Gasteiger partial charge is 0.0436 e. The van der Waals surface area contributed by atoms with Gasteiger partial charge in [-0.25, -0.2) is 0 Å². The Morgan fingerprint density at radius 2 is 1.32 bits per heavy atom. The highest BCUT2D eigenvalue weighted by Gasteiger charge is 2.43. The van der Waals surface area contributed by atoms with Gasteiger partial charge in [0.15, 0.2) is 0 Å². The quantitative estimate of drug-likeness (QED) is 0.175. The van der Waals surface area contributed by atoms with Crippen molar-refractivity contribution in [2.75, 3.05) is 13.2 Å². The molecule has 31 heavy (non-hydrogen) atoms. The number of hydrogen-bond acceptors (Lipinski definition) is 2. The van der Waals surface area contributed by atoms with E-state index >= 15 is 0 Å². The lowest BCUT2D eigenvalue weighted by Crippen LogP contribution is -2.41. The monoisotopic (exact) mass is 439 g/mol. The van der Waals surface area contributed by atoms with Gasteiger partial charge in [-0.15, -0.1) is 0 Å². The van der Waals surface area contributed by atoms with E-state index < -0.39 is 0 Å². The molecule has 0 aliphatic rings. The van der Waals surface area contributed by atoms with Crippen molar-refractivity contribution in [2.24, 2.45) is 27.9 Å². The molecule has 0 aromatic carbocycles. The lowest BCUT2D eigenvalue weighted by Gasteiger charge is -2.49. The molecule has 0 radical (unpaired) electrons. The highest BCUT2D eigenvalue weighted by molar-refractivity contribution is 4.94. The Morgan fingerprint density at radius 3 is 1.81 bits per heavy atom. The zero-order chi connectivity index (χ0) is 23.8. The first-order valence-corrected chi connectivity index (χ1v) is 14.0. The number of aliphatic hydroxyl groups excluding tert-OH is 1. The molecule has 0 saturated carbocycles. The minimum absolute atomic E-state index is 0.185. The van der Waals surface area contributed by atoms with E-state index in [1.54, 1.807) is 0 Å². The van der Waals surface area contributed by atoms with Crippen molar-refractivity contribution in [1.82, 2.24) is 0 Å². The normalized spacial score (nSPS) is 18.9. The van der Waals surface area contributed by atoms with Crippen LogP contribution < -0.4 is 5.73 Å². The molecule has 0 saturated heterocycles. The second-order valence-electron chi connectivity index (χ2n) is 11.6. The maximum atomic E-state index is 9.91. The van der Waals surface area contributed by atoms with Gasteiger partial charge in [-0.3, -0.25) is 0 Å². The Bertz CT molecular complexity index is 425. The Balaban J connectivity index is 4.77. The van der Waals surface area contributed by atoms with E-state index in [1.807, 2.05) is 0 Å². The third-order valence-corrected chi connectivity index (χ3v) is 9.05. The number of nitrogens with two attached hydrogens (primary N) is 1. The first-order chi connectivity index (χ1) is 14.7. The topological polar surface area (TPSA) is 46.2 Å². The molecular weight excluding hydrogens is 378 g/mol. The fourth-order valence-corrected chi connectivity index (χ4v) is 6.12. The Hall–Kier alpha value is -0.0800. The van der Waals surface area contributed by atoms with Crippen molar-refractivity contribution < 1.29 is 5.11 Å². The molecule has 0 aromatic rings. The minimum atomic E-state index is 0.185. The summed E-state index contributed by atoms with van der Waals surface area (Å²) in [6, 6.07) is 0. The first kappa shape index (κ1) is 30.9. The van der Waals surface area contributed by atoms with Gasteiger partial charge in [0.05, 0.1) is 0 Å². The molecule has 4 unspecified atom stereocenters. The van der Waals surface area contributed by atoms with Crippen LogP contribution in [0.5, 0.6) is 0 Å². The van der Waals surface area contributed by atoms with Gasteiger partial charge in [-0.05, 0) is 67.2 Å². The van der Waals surface area contributed by atoms with Gasteiger partial charge in [0.25, 0.3) is 0 Å². The summed E-state index contributed by atoms with van der Waals surface area (Å²) in [6.07, 6.45) is 20.5. The van der Waals surface area contributed by atoms with E-state index in [0.29, 0.717) is 12.0 Å². The molecule has 0 amide bonds. The molecule has 4 atom stereocenters. The first-order valence-electron chi connectivity index (χ1n) is 14.0. The van der Waals surface area contributed by atoms with E-state index in [0.717, 1.165) is 25.3 Å². The molecule has 188 valence electrons. The van der Waals surface area contributed by atoms with E-state index in [9.17, 15) is 5.11 Å². The molecule has 0 bridgehead atoms. The maximum absolute atomic E-state index is 9.91. The molecule has 0 fully saturated rings. The van der Waals surface area contributed by atoms with Crippen LogP contribution in [0.3, 0.4) is 0 Å². The van der Waals surface area contributed by atoms with Crippen LogP contribution in [0.4, 0.5) is 0 Å². The van der Waals surface area contributed by atoms with Crippen LogP contribution in [-0.2, 0) is 0 Å². The molecule has 0 rings (SSSR count). The van der Waals surface area contributed by atoms with Crippen molar-refractivity contribution in [3.05, 3.63) is 0 Å². The van der Waals surface area contributed by atoms with Gasteiger partial charge in [0.2, 0.25) is 0 Å². The standard InChI is InChI=1S/C29H61NO/c1-8-17-26(10-3)25-29(7,21-23-30)28(6,22-24-31)20-16-14-12-13-15-19-27(5,11-4)18-9-2/h26,31H,8-25,30H2,1-7H3. The van der Waals surface area contributed by atoms with E-state index in [1.165, 1.54) is 89.9 Å². The predicted molar refractivity (Wildman–Crippen MR) is 141 cm³/mol. The van der Waals surface area contributed by atoms with Gasteiger partial charge in [0.1, 0.15) is 0 Å². The maximum Gasteiger partial charge on any atom is 0.0436 e. The molecule has 0 spiro atoms. The zero-order valence-corrected chi connectivity index (χ0v) is 22.8. The van der Waals surface area contributed by atoms with Crippen molar-refractivity contribution >= 4 is 0 Å². The molecule has 2 nitrogen and oxygen atoms in total. The molecule has 0 aliphatic carbocycles. The molecular formula is C29H61NO. The van der Waals surface area contributed by atoms with E-state index in [-0.39, 0.29) is 10.8 Å². The largest absolute Gasteiger partial charge is 0.396 e. The third-order valence-electron chi connectivity index (χ3n) is 9.05. The summed E-state index contributed by atoms with van der Waals surface area (Å²) in [7, 11) is 0. The highest BCUT2D eigenvalue weighted by Crippen LogP contribution is 2.52. The predicted octanol–water partition coefficient (Wildman–Crippen LogP) is 8.89. The van der Waals surface area contributed by atoms with Gasteiger partial charge >= 0.3 is 0 Å². The van der Waals surface area contributed by atoms with Crippen LogP contribution in [0.2, 0.25) is 0 Å². The Labute approximate surface area is 197 Å². The third kappa shape index (κ3) is 11.1. The van der Waals surface area contributed by atoms with Crippen molar-refractivity contribution in [3.8, 4) is 0 Å². The number of unbranched alkanes of at least 4 members (excludes halogenated alkanes) is 4. The number of rotatable bonds is 21. The SMILES string of the molecule is CCCC(CC)CC(C)(CCN)C(C)(CCO)CCCCCCCC(C)(CC)CCC. The van der Waals surface area contributed by atoms with Gasteiger partial charge < -0.3 is 10.8 Å². The fourth-order valence-electron chi connectivity index (χ4n) is 6.12. The number of aliphatic hydroxyl groups is 1. The Kier molecular flexibility index (Phi) is 16.5. The van der Waals surface area contributed by atoms with Crippen LogP contribution in [0.1, 0.15) is 151 Å². The minimum Gasteiger partial charge on any atom is -0.396 e. The van der Waals surface area contributed by atoms with E-state index in [4.69, 9.17) is 5.73 Å². The van der Waals surface area contributed by atoms with Crippen LogP contribution in [0.25, 0.3) is 0 Å². The summed E-state index contributed by atoms with van der Waals surface area (Å²) >= 11 is 0. The lowest BCUT2D eigenvalue weighted by molar-refractivity contribution is 0.000393. The van der Waals surface area contributed by atoms with Crippen LogP contribution >= 0.6 is 0 Å². The van der Waals surface area contributed by atoms with Gasteiger partial charge in [0, 0.05) is 6.61 Å². The number of hydrogen-bond donors (Lipinski definition) is 2. The molecule has 0 aromatic heterocycles. The van der Waals surface area contributed by atoms with Gasteiger partial charge in [-0.2, -0.15) is 0 Å². The Morgan fingerprint density at radius 1 is 0.710 bits per heavy atom. The zero-order valence-electron chi connectivity index (χ0n) is 22.8.